The number of hydrogen-bond donors (Lipinski definition) is 1. The molecule has 1 aromatic rings. The third-order valence-corrected chi connectivity index (χ3v) is 5.74. The van der Waals surface area contributed by atoms with Gasteiger partial charge in [-0.2, -0.15) is 5.10 Å². The van der Waals surface area contributed by atoms with Crippen LogP contribution in [0.4, 0.5) is 5.00 Å². The van der Waals surface area contributed by atoms with E-state index >= 15 is 0 Å². The minimum atomic E-state index is -0.434. The number of fused-ring (bicyclic) bond motifs is 1. The van der Waals surface area contributed by atoms with Crippen molar-refractivity contribution in [2.45, 2.75) is 32.6 Å². The molecule has 7 heteroatoms. The Balaban J connectivity index is 1.56. The van der Waals surface area contributed by atoms with Gasteiger partial charge in [0.15, 0.2) is 0 Å². The maximum atomic E-state index is 12.2. The summed E-state index contributed by atoms with van der Waals surface area (Å²) in [7, 11) is 0. The second-order valence-electron chi connectivity index (χ2n) is 6.00. The van der Waals surface area contributed by atoms with Crippen LogP contribution in [0.25, 0.3) is 0 Å². The molecule has 2 saturated carbocycles. The molecule has 1 aromatic heterocycles. The van der Waals surface area contributed by atoms with Crippen LogP contribution in [0.15, 0.2) is 17.2 Å². The number of nitrogens with one attached hydrogen (secondary N) is 1. The highest BCUT2D eigenvalue weighted by Crippen LogP contribution is 2.66. The van der Waals surface area contributed by atoms with Crippen LogP contribution in [-0.4, -0.2) is 17.0 Å². The molecule has 0 aromatic carbocycles. The molecule has 21 heavy (non-hydrogen) atoms. The zero-order valence-corrected chi connectivity index (χ0v) is 12.6. The fourth-order valence-corrected chi connectivity index (χ4v) is 4.28. The van der Waals surface area contributed by atoms with Crippen molar-refractivity contribution in [3.05, 3.63) is 27.1 Å². The molecule has 0 spiro atoms. The van der Waals surface area contributed by atoms with Gasteiger partial charge >= 0.3 is 5.00 Å². The lowest BCUT2D eigenvalue weighted by molar-refractivity contribution is -0.380. The summed E-state index contributed by atoms with van der Waals surface area (Å²) in [6.45, 7) is 2.19. The topological polar surface area (TPSA) is 84.6 Å². The van der Waals surface area contributed by atoms with Gasteiger partial charge in [0.25, 0.3) is 0 Å². The Morgan fingerprint density at radius 2 is 2.38 bits per heavy atom. The average Bonchev–Trinajstić information content (AvgIpc) is 2.80. The van der Waals surface area contributed by atoms with Gasteiger partial charge in [0.05, 0.1) is 16.0 Å². The third-order valence-electron chi connectivity index (χ3n) is 4.77. The summed E-state index contributed by atoms with van der Waals surface area (Å²) in [5.41, 5.74) is 2.75. The molecule has 1 amide bonds. The van der Waals surface area contributed by atoms with E-state index in [-0.39, 0.29) is 22.2 Å². The minimum Gasteiger partial charge on any atom is -0.273 e. The molecule has 2 fully saturated rings. The van der Waals surface area contributed by atoms with E-state index in [2.05, 4.69) is 17.5 Å². The zero-order valence-electron chi connectivity index (χ0n) is 11.7. The minimum absolute atomic E-state index is 0.0216. The number of hydrazone groups is 1. The van der Waals surface area contributed by atoms with E-state index < -0.39 is 4.92 Å². The van der Waals surface area contributed by atoms with Crippen LogP contribution in [0.3, 0.4) is 0 Å². The number of nitrogens with zero attached hydrogens (tertiary/aromatic N) is 2. The highest BCUT2D eigenvalue weighted by molar-refractivity contribution is 7.16. The highest BCUT2D eigenvalue weighted by atomic mass is 32.1. The van der Waals surface area contributed by atoms with Gasteiger partial charge in [-0.15, -0.1) is 0 Å². The van der Waals surface area contributed by atoms with E-state index in [1.807, 2.05) is 0 Å². The summed E-state index contributed by atoms with van der Waals surface area (Å²) in [4.78, 5) is 22.9. The fourth-order valence-electron chi connectivity index (χ4n) is 3.59. The van der Waals surface area contributed by atoms with E-state index in [1.54, 1.807) is 6.07 Å². The summed E-state index contributed by atoms with van der Waals surface area (Å²) < 4.78 is 0. The van der Waals surface area contributed by atoms with Gasteiger partial charge in [-0.1, -0.05) is 31.1 Å². The molecule has 1 N–H and O–H groups in total. The molecule has 0 bridgehead atoms. The van der Waals surface area contributed by atoms with E-state index in [1.165, 1.54) is 25.1 Å². The van der Waals surface area contributed by atoms with Crippen molar-refractivity contribution in [3.8, 4) is 0 Å². The Labute approximate surface area is 126 Å². The highest BCUT2D eigenvalue weighted by Gasteiger charge is 2.64. The van der Waals surface area contributed by atoms with Gasteiger partial charge in [-0.3, -0.25) is 14.9 Å². The van der Waals surface area contributed by atoms with Crippen LogP contribution in [0.5, 0.6) is 0 Å². The van der Waals surface area contributed by atoms with Crippen molar-refractivity contribution in [1.82, 2.24) is 5.43 Å². The average molecular weight is 307 g/mol. The molecule has 112 valence electrons. The van der Waals surface area contributed by atoms with Crippen LogP contribution < -0.4 is 5.43 Å². The Hall–Kier alpha value is -1.76. The zero-order chi connectivity index (χ0) is 15.0. The molecule has 0 unspecified atom stereocenters. The first kappa shape index (κ1) is 14.2. The molecule has 1 heterocycles. The monoisotopic (exact) mass is 307 g/mol. The van der Waals surface area contributed by atoms with Crippen LogP contribution in [0.1, 0.15) is 37.5 Å². The maximum Gasteiger partial charge on any atom is 0.324 e. The van der Waals surface area contributed by atoms with Crippen LogP contribution in [0, 0.1) is 27.4 Å². The van der Waals surface area contributed by atoms with Crippen molar-refractivity contribution >= 4 is 28.5 Å². The summed E-state index contributed by atoms with van der Waals surface area (Å²) in [6.07, 6.45) is 6.14. The molecule has 0 aliphatic heterocycles. The number of amides is 1. The van der Waals surface area contributed by atoms with Crippen molar-refractivity contribution in [2.75, 3.05) is 0 Å². The van der Waals surface area contributed by atoms with Crippen LogP contribution in [-0.2, 0) is 4.79 Å². The van der Waals surface area contributed by atoms with Gasteiger partial charge in [0.2, 0.25) is 5.91 Å². The second-order valence-corrected chi connectivity index (χ2v) is 7.10. The molecule has 2 aliphatic carbocycles. The van der Waals surface area contributed by atoms with E-state index in [0.717, 1.165) is 24.2 Å². The molecule has 0 saturated heterocycles. The fraction of sp³-hybridized carbons (Fsp3) is 0.571. The molecule has 3 rings (SSSR count). The number of carbonyl (C=O) groups is 1. The smallest absolute Gasteiger partial charge is 0.273 e. The first-order valence-electron chi connectivity index (χ1n) is 7.09. The lowest BCUT2D eigenvalue weighted by Crippen LogP contribution is -2.22. The number of carbonyl (C=O) groups excluding carboxylic acids is 1. The first-order chi connectivity index (χ1) is 10.0. The lowest BCUT2D eigenvalue weighted by atomic mass is 9.90. The Morgan fingerprint density at radius 3 is 3.00 bits per heavy atom. The van der Waals surface area contributed by atoms with E-state index in [9.17, 15) is 14.9 Å². The number of nitro groups is 1. The SMILES string of the molecule is C[C@]12CCCC[C@@H]1[C@@H]2C(=O)N/N=C\c1ccc([N+](=O)[O-])s1. The Morgan fingerprint density at radius 1 is 1.57 bits per heavy atom. The quantitative estimate of drug-likeness (QED) is 0.527. The van der Waals surface area contributed by atoms with Crippen molar-refractivity contribution in [3.63, 3.8) is 0 Å². The molecule has 0 radical (unpaired) electrons. The third kappa shape index (κ3) is 2.57. The summed E-state index contributed by atoms with van der Waals surface area (Å²) >= 11 is 1.04. The largest absolute Gasteiger partial charge is 0.324 e. The summed E-state index contributed by atoms with van der Waals surface area (Å²) in [5, 5.41) is 14.6. The predicted molar refractivity (Wildman–Crippen MR) is 80.3 cm³/mol. The second kappa shape index (κ2) is 5.22. The van der Waals surface area contributed by atoms with Gasteiger partial charge < -0.3 is 0 Å². The van der Waals surface area contributed by atoms with Crippen molar-refractivity contribution in [2.24, 2.45) is 22.4 Å². The van der Waals surface area contributed by atoms with Crippen LogP contribution >= 0.6 is 11.3 Å². The molecular weight excluding hydrogens is 290 g/mol. The normalized spacial score (nSPS) is 30.9. The Kier molecular flexibility index (Phi) is 3.52. The summed E-state index contributed by atoms with van der Waals surface area (Å²) in [6, 6.07) is 3.06. The van der Waals surface area contributed by atoms with Crippen molar-refractivity contribution < 1.29 is 9.72 Å². The summed E-state index contributed by atoms with van der Waals surface area (Å²) in [5.74, 6) is 0.561. The van der Waals surface area contributed by atoms with Gasteiger partial charge in [0.1, 0.15) is 0 Å². The number of thiophene rings is 1. The van der Waals surface area contributed by atoms with Gasteiger partial charge in [-0.25, -0.2) is 5.43 Å². The molecular formula is C14H17N3O3S. The van der Waals surface area contributed by atoms with Crippen LogP contribution in [0.2, 0.25) is 0 Å². The number of hydrogen-bond acceptors (Lipinski definition) is 5. The predicted octanol–water partition coefficient (Wildman–Crippen LogP) is 2.93. The van der Waals surface area contributed by atoms with E-state index in [0.29, 0.717) is 10.8 Å². The standard InChI is InChI=1S/C14H17N3O3S/c1-14-7-3-2-4-10(14)12(14)13(18)16-15-8-9-5-6-11(21-9)17(19)20/h5-6,8,10,12H,2-4,7H2,1H3,(H,16,18)/b15-8-/t10-,12-,14+/m1/s1. The van der Waals surface area contributed by atoms with Crippen molar-refractivity contribution in [1.29, 1.82) is 0 Å². The number of rotatable bonds is 4. The van der Waals surface area contributed by atoms with E-state index in [4.69, 9.17) is 0 Å². The van der Waals surface area contributed by atoms with Gasteiger partial charge in [-0.05, 0) is 30.2 Å². The Bertz CT molecular complexity index is 612. The molecule has 3 atom stereocenters. The molecule has 2 aliphatic rings. The first-order valence-corrected chi connectivity index (χ1v) is 7.91. The van der Waals surface area contributed by atoms with Gasteiger partial charge in [0, 0.05) is 12.0 Å². The lowest BCUT2D eigenvalue weighted by Gasteiger charge is -2.15. The molecule has 6 nitrogen and oxygen atoms in total. The maximum absolute atomic E-state index is 12.2.